The first-order chi connectivity index (χ1) is 7.59. The average Bonchev–Trinajstić information content (AvgIpc) is 2.56. The second kappa shape index (κ2) is 3.92. The van der Waals surface area contributed by atoms with Crippen molar-refractivity contribution >= 4 is 11.6 Å². The first-order valence-corrected chi connectivity index (χ1v) is 5.10. The molecule has 0 amide bonds. The Morgan fingerprint density at radius 2 is 2.38 bits per heavy atom. The predicted molar refractivity (Wildman–Crippen MR) is 58.2 cm³/mol. The molecule has 0 aromatic carbocycles. The molecule has 2 aromatic rings. The third kappa shape index (κ3) is 1.76. The number of imidazole rings is 1. The van der Waals surface area contributed by atoms with Crippen LogP contribution in [0, 0.1) is 12.8 Å². The summed E-state index contributed by atoms with van der Waals surface area (Å²) < 4.78 is 1.86. The van der Waals surface area contributed by atoms with E-state index >= 15 is 0 Å². The maximum Gasteiger partial charge on any atom is 0.306 e. The molecule has 0 spiro atoms. The molecule has 1 atom stereocenters. The molecule has 2 aromatic heterocycles. The molecule has 0 bridgehead atoms. The van der Waals surface area contributed by atoms with E-state index in [1.54, 1.807) is 19.4 Å². The molecular formula is C11H13N3O2. The summed E-state index contributed by atoms with van der Waals surface area (Å²) in [7, 11) is 0. The quantitative estimate of drug-likeness (QED) is 0.844. The fraction of sp³-hybridized carbons (Fsp3) is 0.364. The summed E-state index contributed by atoms with van der Waals surface area (Å²) in [6.07, 6.45) is 3.81. The Labute approximate surface area is 92.8 Å². The lowest BCUT2D eigenvalue weighted by atomic mass is 10.1. The largest absolute Gasteiger partial charge is 0.481 e. The van der Waals surface area contributed by atoms with Gasteiger partial charge in [0.15, 0.2) is 0 Å². The van der Waals surface area contributed by atoms with Crippen LogP contribution in [0.5, 0.6) is 0 Å². The van der Waals surface area contributed by atoms with Crippen LogP contribution >= 0.6 is 0 Å². The highest BCUT2D eigenvalue weighted by Crippen LogP contribution is 2.14. The zero-order valence-electron chi connectivity index (χ0n) is 9.21. The third-order valence-electron chi connectivity index (χ3n) is 2.69. The number of nitrogens with zero attached hydrogens (tertiary/aromatic N) is 3. The monoisotopic (exact) mass is 219 g/mol. The SMILES string of the molecule is Cc1c(CC(C)C(=O)O)nc2ccncn12. The number of carboxylic acid groups (broad SMARTS) is 1. The Morgan fingerprint density at radius 3 is 3.00 bits per heavy atom. The van der Waals surface area contributed by atoms with Crippen molar-refractivity contribution in [3.63, 3.8) is 0 Å². The highest BCUT2D eigenvalue weighted by Gasteiger charge is 2.16. The van der Waals surface area contributed by atoms with Crippen molar-refractivity contribution in [2.45, 2.75) is 20.3 Å². The molecule has 0 saturated carbocycles. The van der Waals surface area contributed by atoms with Gasteiger partial charge in [0.2, 0.25) is 0 Å². The van der Waals surface area contributed by atoms with Crippen molar-refractivity contribution in [1.29, 1.82) is 0 Å². The number of carbonyl (C=O) groups is 1. The smallest absolute Gasteiger partial charge is 0.306 e. The molecule has 0 aliphatic rings. The fourth-order valence-electron chi connectivity index (χ4n) is 1.63. The van der Waals surface area contributed by atoms with Gasteiger partial charge in [-0.25, -0.2) is 9.97 Å². The zero-order chi connectivity index (χ0) is 11.7. The Kier molecular flexibility index (Phi) is 2.60. The molecule has 1 unspecified atom stereocenters. The van der Waals surface area contributed by atoms with Gasteiger partial charge in [0.25, 0.3) is 0 Å². The molecule has 1 N–H and O–H groups in total. The van der Waals surface area contributed by atoms with Gasteiger partial charge in [0, 0.05) is 18.3 Å². The van der Waals surface area contributed by atoms with E-state index in [4.69, 9.17) is 5.11 Å². The summed E-state index contributed by atoms with van der Waals surface area (Å²) >= 11 is 0. The van der Waals surface area contributed by atoms with Gasteiger partial charge in [0.05, 0.1) is 11.6 Å². The molecular weight excluding hydrogens is 206 g/mol. The van der Waals surface area contributed by atoms with Crippen molar-refractivity contribution in [2.24, 2.45) is 5.92 Å². The van der Waals surface area contributed by atoms with Crippen LogP contribution in [0.4, 0.5) is 0 Å². The second-order valence-electron chi connectivity index (χ2n) is 3.90. The topological polar surface area (TPSA) is 67.5 Å². The predicted octanol–water partition coefficient (Wildman–Crippen LogP) is 1.30. The summed E-state index contributed by atoms with van der Waals surface area (Å²) in [5.74, 6) is -1.22. The molecule has 5 heteroatoms. The van der Waals surface area contributed by atoms with Crippen molar-refractivity contribution in [2.75, 3.05) is 0 Å². The number of aryl methyl sites for hydroxylation is 1. The summed E-state index contributed by atoms with van der Waals surface area (Å²) in [5, 5.41) is 8.86. The lowest BCUT2D eigenvalue weighted by molar-refractivity contribution is -0.141. The molecule has 0 aliphatic carbocycles. The van der Waals surface area contributed by atoms with Gasteiger partial charge in [-0.2, -0.15) is 0 Å². The number of aromatic nitrogens is 3. The second-order valence-corrected chi connectivity index (χ2v) is 3.90. The van der Waals surface area contributed by atoms with E-state index < -0.39 is 11.9 Å². The normalized spacial score (nSPS) is 12.9. The lowest BCUT2D eigenvalue weighted by Gasteiger charge is -2.03. The van der Waals surface area contributed by atoms with Gasteiger partial charge < -0.3 is 5.11 Å². The molecule has 0 aliphatic heterocycles. The maximum atomic E-state index is 10.8. The first-order valence-electron chi connectivity index (χ1n) is 5.10. The van der Waals surface area contributed by atoms with Crippen LogP contribution in [-0.4, -0.2) is 25.4 Å². The van der Waals surface area contributed by atoms with Gasteiger partial charge in [-0.1, -0.05) is 6.92 Å². The molecule has 0 fully saturated rings. The fourth-order valence-corrected chi connectivity index (χ4v) is 1.63. The Balaban J connectivity index is 2.38. The molecule has 0 saturated heterocycles. The minimum absolute atomic E-state index is 0.420. The lowest BCUT2D eigenvalue weighted by Crippen LogP contribution is -2.13. The highest BCUT2D eigenvalue weighted by molar-refractivity contribution is 5.69. The average molecular weight is 219 g/mol. The van der Waals surface area contributed by atoms with Crippen LogP contribution in [0.15, 0.2) is 18.6 Å². The molecule has 84 valence electrons. The van der Waals surface area contributed by atoms with Gasteiger partial charge >= 0.3 is 5.97 Å². The van der Waals surface area contributed by atoms with E-state index in [9.17, 15) is 4.79 Å². The van der Waals surface area contributed by atoms with Crippen LogP contribution in [0.25, 0.3) is 5.65 Å². The van der Waals surface area contributed by atoms with E-state index in [2.05, 4.69) is 9.97 Å². The van der Waals surface area contributed by atoms with Gasteiger partial charge in [-0.3, -0.25) is 9.20 Å². The van der Waals surface area contributed by atoms with Crippen LogP contribution in [0.3, 0.4) is 0 Å². The highest BCUT2D eigenvalue weighted by atomic mass is 16.4. The van der Waals surface area contributed by atoms with Gasteiger partial charge in [-0.15, -0.1) is 0 Å². The van der Waals surface area contributed by atoms with Crippen LogP contribution in [0.2, 0.25) is 0 Å². The van der Waals surface area contributed by atoms with E-state index in [1.165, 1.54) is 0 Å². The van der Waals surface area contributed by atoms with Crippen LogP contribution in [-0.2, 0) is 11.2 Å². The minimum atomic E-state index is -0.797. The van der Waals surface area contributed by atoms with E-state index in [1.807, 2.05) is 17.4 Å². The van der Waals surface area contributed by atoms with Crippen molar-refractivity contribution < 1.29 is 9.90 Å². The molecule has 0 radical (unpaired) electrons. The summed E-state index contributed by atoms with van der Waals surface area (Å²) in [6.45, 7) is 3.61. The molecule has 2 heterocycles. The number of carboxylic acids is 1. The van der Waals surface area contributed by atoms with E-state index in [-0.39, 0.29) is 0 Å². The van der Waals surface area contributed by atoms with E-state index in [0.29, 0.717) is 6.42 Å². The van der Waals surface area contributed by atoms with Gasteiger partial charge in [-0.05, 0) is 13.0 Å². The molecule has 5 nitrogen and oxygen atoms in total. The zero-order valence-corrected chi connectivity index (χ0v) is 9.21. The van der Waals surface area contributed by atoms with E-state index in [0.717, 1.165) is 17.0 Å². The first kappa shape index (κ1) is 10.6. The number of aliphatic carboxylic acids is 1. The van der Waals surface area contributed by atoms with Crippen LogP contribution < -0.4 is 0 Å². The van der Waals surface area contributed by atoms with Crippen molar-refractivity contribution in [3.05, 3.63) is 30.0 Å². The Morgan fingerprint density at radius 1 is 1.62 bits per heavy atom. The number of hydrogen-bond acceptors (Lipinski definition) is 3. The number of fused-ring (bicyclic) bond motifs is 1. The minimum Gasteiger partial charge on any atom is -0.481 e. The summed E-state index contributed by atoms with van der Waals surface area (Å²) in [5.41, 5.74) is 2.58. The Hall–Kier alpha value is -1.91. The third-order valence-corrected chi connectivity index (χ3v) is 2.69. The van der Waals surface area contributed by atoms with Crippen LogP contribution in [0.1, 0.15) is 18.3 Å². The molecule has 2 rings (SSSR count). The molecule has 16 heavy (non-hydrogen) atoms. The van der Waals surface area contributed by atoms with Crippen molar-refractivity contribution in [1.82, 2.24) is 14.4 Å². The summed E-state index contributed by atoms with van der Waals surface area (Å²) in [4.78, 5) is 19.2. The number of hydrogen-bond donors (Lipinski definition) is 1. The van der Waals surface area contributed by atoms with Gasteiger partial charge in [0.1, 0.15) is 12.0 Å². The Bertz CT molecular complexity index is 533. The maximum absolute atomic E-state index is 10.8. The van der Waals surface area contributed by atoms with Crippen molar-refractivity contribution in [3.8, 4) is 0 Å². The number of rotatable bonds is 3. The summed E-state index contributed by atoms with van der Waals surface area (Å²) in [6, 6.07) is 1.81. The standard InChI is InChI=1S/C11H13N3O2/c1-7(11(15)16)5-9-8(2)14-6-12-4-3-10(14)13-9/h3-4,6-7H,5H2,1-2H3,(H,15,16).